The maximum absolute atomic E-state index is 13.4. The largest absolute Gasteiger partial charge is 0.370 e. The van der Waals surface area contributed by atoms with Gasteiger partial charge in [0.15, 0.2) is 0 Å². The number of carbonyl (C=O) groups excluding carboxylic acids is 1. The zero-order chi connectivity index (χ0) is 23.5. The van der Waals surface area contributed by atoms with Crippen molar-refractivity contribution in [3.8, 4) is 11.3 Å². The van der Waals surface area contributed by atoms with E-state index in [0.29, 0.717) is 21.7 Å². The highest BCUT2D eigenvalue weighted by Crippen LogP contribution is 2.26. The zero-order valence-corrected chi connectivity index (χ0v) is 19.1. The van der Waals surface area contributed by atoms with E-state index >= 15 is 0 Å². The van der Waals surface area contributed by atoms with E-state index in [2.05, 4.69) is 15.3 Å². The molecule has 1 unspecified atom stereocenters. The number of hydrogen-bond acceptors (Lipinski definition) is 6. The van der Waals surface area contributed by atoms with Gasteiger partial charge >= 0.3 is 0 Å². The summed E-state index contributed by atoms with van der Waals surface area (Å²) >= 11 is 0. The lowest BCUT2D eigenvalue weighted by Gasteiger charge is -2.16. The Labute approximate surface area is 193 Å². The van der Waals surface area contributed by atoms with Gasteiger partial charge in [-0.2, -0.15) is 0 Å². The molecule has 3 N–H and O–H groups in total. The van der Waals surface area contributed by atoms with Gasteiger partial charge < -0.3 is 15.6 Å². The van der Waals surface area contributed by atoms with E-state index in [4.69, 9.17) is 5.73 Å². The number of pyridine rings is 1. The highest BCUT2D eigenvalue weighted by Gasteiger charge is 2.15. The minimum absolute atomic E-state index is 0.0292. The Morgan fingerprint density at radius 1 is 1.15 bits per heavy atom. The van der Waals surface area contributed by atoms with Gasteiger partial charge in [0.1, 0.15) is 5.52 Å². The summed E-state index contributed by atoms with van der Waals surface area (Å²) in [6.07, 6.45) is 3.22. The molecule has 0 aliphatic carbocycles. The van der Waals surface area contributed by atoms with Gasteiger partial charge in [-0.05, 0) is 36.8 Å². The van der Waals surface area contributed by atoms with Gasteiger partial charge in [-0.15, -0.1) is 0 Å². The van der Waals surface area contributed by atoms with Gasteiger partial charge in [0.25, 0.3) is 5.56 Å². The molecule has 0 spiro atoms. The molecule has 2 aromatic heterocycles. The van der Waals surface area contributed by atoms with Crippen molar-refractivity contribution < 1.29 is 9.00 Å². The van der Waals surface area contributed by atoms with Crippen LogP contribution in [0, 0.1) is 6.92 Å². The SMILES string of the molecule is Cc1ccccc1-c1cc2cnc(Nc3cccc(S(C)=O)c3)nc2c(=O)n1CCC(N)=O. The molecule has 168 valence electrons. The number of primary amides is 1. The van der Waals surface area contributed by atoms with Crippen molar-refractivity contribution >= 4 is 39.2 Å². The first-order valence-corrected chi connectivity index (χ1v) is 11.8. The van der Waals surface area contributed by atoms with Gasteiger partial charge in [0.2, 0.25) is 11.9 Å². The zero-order valence-electron chi connectivity index (χ0n) is 18.2. The fourth-order valence-electron chi connectivity index (χ4n) is 3.60. The van der Waals surface area contributed by atoms with Crippen molar-refractivity contribution in [3.05, 3.63) is 76.7 Å². The summed E-state index contributed by atoms with van der Waals surface area (Å²) < 4.78 is 13.3. The van der Waals surface area contributed by atoms with Crippen LogP contribution in [-0.4, -0.2) is 30.9 Å². The first-order valence-electron chi connectivity index (χ1n) is 10.3. The van der Waals surface area contributed by atoms with Crippen LogP contribution in [-0.2, 0) is 22.1 Å². The number of carbonyl (C=O) groups is 1. The molecule has 0 aliphatic heterocycles. The molecule has 4 aromatic rings. The molecule has 0 fully saturated rings. The maximum atomic E-state index is 13.4. The van der Waals surface area contributed by atoms with E-state index in [9.17, 15) is 13.8 Å². The molecule has 8 nitrogen and oxygen atoms in total. The Morgan fingerprint density at radius 3 is 2.67 bits per heavy atom. The monoisotopic (exact) mass is 461 g/mol. The Bertz CT molecular complexity index is 1450. The third kappa shape index (κ3) is 4.83. The summed E-state index contributed by atoms with van der Waals surface area (Å²) in [7, 11) is -1.13. The number of fused-ring (bicyclic) bond motifs is 1. The molecule has 4 rings (SSSR count). The Balaban J connectivity index is 1.82. The Morgan fingerprint density at radius 2 is 1.94 bits per heavy atom. The molecule has 0 saturated heterocycles. The van der Waals surface area contributed by atoms with Gasteiger partial charge in [-0.3, -0.25) is 13.8 Å². The summed E-state index contributed by atoms with van der Waals surface area (Å²) in [4.78, 5) is 34.4. The van der Waals surface area contributed by atoms with E-state index in [1.165, 1.54) is 4.57 Å². The van der Waals surface area contributed by atoms with Crippen molar-refractivity contribution in [2.45, 2.75) is 24.8 Å². The highest BCUT2D eigenvalue weighted by atomic mass is 32.2. The fourth-order valence-corrected chi connectivity index (χ4v) is 4.16. The number of aryl methyl sites for hydroxylation is 1. The summed E-state index contributed by atoms with van der Waals surface area (Å²) in [5, 5.41) is 3.65. The molecule has 0 bridgehead atoms. The molecular formula is C24H23N5O3S. The standard InChI is InChI=1S/C24H23N5O3S/c1-15-6-3-4-9-19(15)20-12-16-14-26-24(27-17-7-5-8-18(13-17)33(2)32)28-22(16)23(31)29(20)11-10-21(25)30/h3-9,12-14H,10-11H2,1-2H3,(H2,25,30)(H,26,27,28). The fraction of sp³-hybridized carbons (Fsp3) is 0.167. The van der Waals surface area contributed by atoms with E-state index in [1.54, 1.807) is 36.7 Å². The van der Waals surface area contributed by atoms with Gasteiger partial charge in [0.05, 0.1) is 5.69 Å². The number of amides is 1. The average Bonchev–Trinajstić information content (AvgIpc) is 2.79. The molecule has 0 saturated carbocycles. The second-order valence-electron chi connectivity index (χ2n) is 7.62. The minimum Gasteiger partial charge on any atom is -0.370 e. The second kappa shape index (κ2) is 9.33. The smallest absolute Gasteiger partial charge is 0.277 e. The van der Waals surface area contributed by atoms with Crippen molar-refractivity contribution in [3.63, 3.8) is 0 Å². The summed E-state index contributed by atoms with van der Waals surface area (Å²) in [5.41, 5.74) is 8.46. The van der Waals surface area contributed by atoms with Crippen molar-refractivity contribution in [2.75, 3.05) is 11.6 Å². The molecule has 1 atom stereocenters. The summed E-state index contributed by atoms with van der Waals surface area (Å²) in [6.45, 7) is 2.11. The van der Waals surface area contributed by atoms with E-state index in [1.807, 2.05) is 37.3 Å². The average molecular weight is 462 g/mol. The number of nitrogens with one attached hydrogen (secondary N) is 1. The van der Waals surface area contributed by atoms with Crippen LogP contribution in [0.4, 0.5) is 11.6 Å². The third-order valence-corrected chi connectivity index (χ3v) is 6.19. The van der Waals surface area contributed by atoms with Crippen LogP contribution in [0.2, 0.25) is 0 Å². The lowest BCUT2D eigenvalue weighted by Crippen LogP contribution is -2.26. The molecule has 0 aliphatic rings. The van der Waals surface area contributed by atoms with Gasteiger partial charge in [-0.25, -0.2) is 9.97 Å². The molecule has 0 radical (unpaired) electrons. The summed E-state index contributed by atoms with van der Waals surface area (Å²) in [5.74, 6) is -0.250. The van der Waals surface area contributed by atoms with E-state index in [0.717, 1.165) is 11.1 Å². The predicted molar refractivity (Wildman–Crippen MR) is 130 cm³/mol. The molecule has 33 heavy (non-hydrogen) atoms. The topological polar surface area (TPSA) is 120 Å². The van der Waals surface area contributed by atoms with Crippen LogP contribution in [0.1, 0.15) is 12.0 Å². The summed E-state index contributed by atoms with van der Waals surface area (Å²) in [6, 6.07) is 16.7. The maximum Gasteiger partial charge on any atom is 0.277 e. The first-order chi connectivity index (χ1) is 15.8. The minimum atomic E-state index is -1.13. The highest BCUT2D eigenvalue weighted by molar-refractivity contribution is 7.84. The van der Waals surface area contributed by atoms with Crippen molar-refractivity contribution in [1.29, 1.82) is 0 Å². The molecular weight excluding hydrogens is 438 g/mol. The normalized spacial score (nSPS) is 11.9. The number of nitrogens with two attached hydrogens (primary N) is 1. The Kier molecular flexibility index (Phi) is 6.32. The van der Waals surface area contributed by atoms with Gasteiger partial charge in [-0.1, -0.05) is 30.3 Å². The Hall–Kier alpha value is -3.85. The van der Waals surface area contributed by atoms with Crippen LogP contribution in [0.5, 0.6) is 0 Å². The van der Waals surface area contributed by atoms with Crippen molar-refractivity contribution in [1.82, 2.24) is 14.5 Å². The second-order valence-corrected chi connectivity index (χ2v) is 9.00. The van der Waals surface area contributed by atoms with Crippen LogP contribution < -0.4 is 16.6 Å². The lowest BCUT2D eigenvalue weighted by molar-refractivity contribution is -0.118. The molecule has 2 aromatic carbocycles. The van der Waals surface area contributed by atoms with Crippen LogP contribution >= 0.6 is 0 Å². The number of nitrogens with zero attached hydrogens (tertiary/aromatic N) is 3. The van der Waals surface area contributed by atoms with Crippen molar-refractivity contribution in [2.24, 2.45) is 5.73 Å². The van der Waals surface area contributed by atoms with Crippen LogP contribution in [0.15, 0.2) is 70.5 Å². The van der Waals surface area contributed by atoms with E-state index in [-0.39, 0.29) is 30.0 Å². The van der Waals surface area contributed by atoms with Crippen LogP contribution in [0.3, 0.4) is 0 Å². The number of benzene rings is 2. The third-order valence-electron chi connectivity index (χ3n) is 5.27. The first kappa shape index (κ1) is 22.3. The predicted octanol–water partition coefficient (Wildman–Crippen LogP) is 3.12. The lowest BCUT2D eigenvalue weighted by atomic mass is 10.0. The number of aromatic nitrogens is 3. The molecule has 2 heterocycles. The number of hydrogen-bond donors (Lipinski definition) is 2. The van der Waals surface area contributed by atoms with Gasteiger partial charge in [0, 0.05) is 57.8 Å². The van der Waals surface area contributed by atoms with E-state index < -0.39 is 16.7 Å². The van der Waals surface area contributed by atoms with Crippen LogP contribution in [0.25, 0.3) is 22.2 Å². The molecule has 9 heteroatoms. The molecule has 1 amide bonds. The number of rotatable bonds is 7. The number of anilines is 2. The quantitative estimate of drug-likeness (QED) is 0.436.